The van der Waals surface area contributed by atoms with Crippen LogP contribution in [-0.2, 0) is 14.3 Å². The van der Waals surface area contributed by atoms with Gasteiger partial charge in [-0.05, 0) is 34.6 Å². The van der Waals surface area contributed by atoms with Gasteiger partial charge in [0.25, 0.3) is 0 Å². The Balaban J connectivity index is 1.17. The molecule has 1 saturated carbocycles. The summed E-state index contributed by atoms with van der Waals surface area (Å²) in [6.45, 7) is -0.145. The molecule has 0 bridgehead atoms. The summed E-state index contributed by atoms with van der Waals surface area (Å²) in [5.41, 5.74) is 2.68. The summed E-state index contributed by atoms with van der Waals surface area (Å²) >= 11 is 0. The molecule has 5 rings (SSSR count). The molecule has 0 spiro atoms. The van der Waals surface area contributed by atoms with Crippen LogP contribution in [0.5, 0.6) is 0 Å². The van der Waals surface area contributed by atoms with Gasteiger partial charge in [0.15, 0.2) is 5.60 Å². The fourth-order valence-electron chi connectivity index (χ4n) is 5.02. The molecule has 2 fully saturated rings. The Labute approximate surface area is 197 Å². The Kier molecular flexibility index (Phi) is 5.77. The lowest BCUT2D eigenvalue weighted by molar-refractivity contribution is -0.183. The number of likely N-dealkylation sites (tertiary alicyclic amines) is 1. The molecule has 2 amide bonds. The maximum Gasteiger partial charge on any atom is 0.407 e. The maximum absolute atomic E-state index is 12.9. The number of ether oxygens (including phenoxy) is 1. The van der Waals surface area contributed by atoms with E-state index in [1.807, 2.05) is 24.3 Å². The van der Waals surface area contributed by atoms with E-state index in [0.29, 0.717) is 12.3 Å². The molecule has 1 saturated heterocycles. The molecule has 34 heavy (non-hydrogen) atoms. The third-order valence-corrected chi connectivity index (χ3v) is 7.12. The molecular weight excluding hydrogens is 436 g/mol. The van der Waals surface area contributed by atoms with Gasteiger partial charge in [-0.3, -0.25) is 4.79 Å². The Morgan fingerprint density at radius 3 is 2.18 bits per heavy atom. The maximum atomic E-state index is 12.9. The van der Waals surface area contributed by atoms with Crippen LogP contribution in [0.1, 0.15) is 36.3 Å². The second kappa shape index (κ2) is 8.76. The van der Waals surface area contributed by atoms with E-state index in [-0.39, 0.29) is 38.1 Å². The SMILES string of the molecule is O=C(NCC(CC1CC1)C(=O)N1CC(O)(C(=O)O)C1)OCC1c2ccccc2-c2ccccc21. The number of alkyl carbamates (subject to hydrolysis) is 1. The summed E-state index contributed by atoms with van der Waals surface area (Å²) in [6.07, 6.45) is 2.15. The molecule has 0 aromatic heterocycles. The number of carboxylic acids is 1. The van der Waals surface area contributed by atoms with Crippen LogP contribution < -0.4 is 5.32 Å². The Hall–Kier alpha value is -3.39. The molecule has 0 radical (unpaired) electrons. The minimum atomic E-state index is -1.87. The number of nitrogens with zero attached hydrogens (tertiary/aromatic N) is 1. The largest absolute Gasteiger partial charge is 0.479 e. The van der Waals surface area contributed by atoms with Crippen molar-refractivity contribution >= 4 is 18.0 Å². The van der Waals surface area contributed by atoms with Crippen LogP contribution in [0.3, 0.4) is 0 Å². The number of benzene rings is 2. The van der Waals surface area contributed by atoms with Crippen LogP contribution in [-0.4, -0.2) is 64.9 Å². The second-order valence-corrected chi connectivity index (χ2v) is 9.61. The quantitative estimate of drug-likeness (QED) is 0.553. The number of fused-ring (bicyclic) bond motifs is 3. The molecule has 3 aliphatic rings. The standard InChI is InChI=1S/C26H28N2O6/c29-23(28-14-26(33,15-28)24(30)31)17(11-16-9-10-16)12-27-25(32)34-13-22-20-7-3-1-5-18(20)19-6-2-4-8-21(19)22/h1-8,16-17,22,33H,9-15H2,(H,27,32)(H,30,31). The number of carboxylic acid groups (broad SMARTS) is 1. The number of aliphatic hydroxyl groups is 1. The molecule has 1 heterocycles. The van der Waals surface area contributed by atoms with Gasteiger partial charge in [-0.1, -0.05) is 61.4 Å². The molecule has 2 aliphatic carbocycles. The molecule has 2 aromatic carbocycles. The predicted octanol–water partition coefficient (Wildman–Crippen LogP) is 2.60. The Morgan fingerprint density at radius 1 is 1.03 bits per heavy atom. The van der Waals surface area contributed by atoms with Crippen molar-refractivity contribution in [1.82, 2.24) is 10.2 Å². The van der Waals surface area contributed by atoms with E-state index in [2.05, 4.69) is 29.6 Å². The van der Waals surface area contributed by atoms with Crippen LogP contribution in [0.2, 0.25) is 0 Å². The van der Waals surface area contributed by atoms with E-state index in [1.54, 1.807) is 0 Å². The average Bonchev–Trinajstić information content (AvgIpc) is 3.58. The number of carbonyl (C=O) groups excluding carboxylic acids is 2. The van der Waals surface area contributed by atoms with Crippen LogP contribution >= 0.6 is 0 Å². The van der Waals surface area contributed by atoms with E-state index < -0.39 is 23.6 Å². The molecule has 1 aliphatic heterocycles. The summed E-state index contributed by atoms with van der Waals surface area (Å²) in [4.78, 5) is 37.9. The summed E-state index contributed by atoms with van der Waals surface area (Å²) in [5, 5.41) is 21.7. The van der Waals surface area contributed by atoms with Crippen LogP contribution in [0, 0.1) is 11.8 Å². The first kappa shape index (κ1) is 22.4. The molecular formula is C26H28N2O6. The van der Waals surface area contributed by atoms with Gasteiger partial charge >= 0.3 is 12.1 Å². The van der Waals surface area contributed by atoms with Crippen molar-refractivity contribution in [2.24, 2.45) is 11.8 Å². The fourth-order valence-corrected chi connectivity index (χ4v) is 5.02. The highest BCUT2D eigenvalue weighted by molar-refractivity contribution is 5.86. The van der Waals surface area contributed by atoms with Gasteiger partial charge in [0.2, 0.25) is 5.91 Å². The van der Waals surface area contributed by atoms with E-state index in [0.717, 1.165) is 35.1 Å². The number of rotatable bonds is 8. The van der Waals surface area contributed by atoms with Crippen molar-refractivity contribution in [3.05, 3.63) is 59.7 Å². The fraction of sp³-hybridized carbons (Fsp3) is 0.423. The van der Waals surface area contributed by atoms with Gasteiger partial charge in [0, 0.05) is 12.5 Å². The topological polar surface area (TPSA) is 116 Å². The molecule has 2 aromatic rings. The normalized spacial score (nSPS) is 18.9. The zero-order valence-electron chi connectivity index (χ0n) is 18.8. The van der Waals surface area contributed by atoms with Gasteiger partial charge in [-0.2, -0.15) is 0 Å². The Morgan fingerprint density at radius 2 is 1.62 bits per heavy atom. The summed E-state index contributed by atoms with van der Waals surface area (Å²) in [5.74, 6) is -1.63. The summed E-state index contributed by atoms with van der Waals surface area (Å²) < 4.78 is 5.56. The number of amides is 2. The monoisotopic (exact) mass is 464 g/mol. The van der Waals surface area contributed by atoms with E-state index in [9.17, 15) is 19.5 Å². The molecule has 1 unspecified atom stereocenters. The first-order chi connectivity index (χ1) is 16.4. The second-order valence-electron chi connectivity index (χ2n) is 9.61. The number of hydrogen-bond acceptors (Lipinski definition) is 5. The van der Waals surface area contributed by atoms with E-state index >= 15 is 0 Å². The van der Waals surface area contributed by atoms with Crippen molar-refractivity contribution in [2.75, 3.05) is 26.2 Å². The predicted molar refractivity (Wildman–Crippen MR) is 123 cm³/mol. The van der Waals surface area contributed by atoms with Crippen molar-refractivity contribution in [3.63, 3.8) is 0 Å². The molecule has 1 atom stereocenters. The van der Waals surface area contributed by atoms with Crippen LogP contribution in [0.15, 0.2) is 48.5 Å². The van der Waals surface area contributed by atoms with E-state index in [4.69, 9.17) is 9.84 Å². The van der Waals surface area contributed by atoms with Gasteiger partial charge in [-0.15, -0.1) is 0 Å². The third kappa shape index (κ3) is 4.25. The van der Waals surface area contributed by atoms with Crippen molar-refractivity contribution < 1.29 is 29.3 Å². The molecule has 8 heteroatoms. The average molecular weight is 465 g/mol. The highest BCUT2D eigenvalue weighted by Gasteiger charge is 2.51. The van der Waals surface area contributed by atoms with Gasteiger partial charge in [0.05, 0.1) is 19.0 Å². The zero-order chi connectivity index (χ0) is 23.9. The van der Waals surface area contributed by atoms with Gasteiger partial charge in [-0.25, -0.2) is 9.59 Å². The Bertz CT molecular complexity index is 1080. The van der Waals surface area contributed by atoms with Crippen LogP contribution in [0.4, 0.5) is 4.79 Å². The van der Waals surface area contributed by atoms with Gasteiger partial charge in [0.1, 0.15) is 6.61 Å². The molecule has 3 N–H and O–H groups in total. The first-order valence-corrected chi connectivity index (χ1v) is 11.7. The third-order valence-electron chi connectivity index (χ3n) is 7.12. The minimum Gasteiger partial charge on any atom is -0.479 e. The van der Waals surface area contributed by atoms with E-state index in [1.165, 1.54) is 4.90 Å². The lowest BCUT2D eigenvalue weighted by Crippen LogP contribution is -2.68. The number of nitrogens with one attached hydrogen (secondary N) is 1. The molecule has 178 valence electrons. The van der Waals surface area contributed by atoms with Crippen molar-refractivity contribution in [1.29, 1.82) is 0 Å². The first-order valence-electron chi connectivity index (χ1n) is 11.7. The van der Waals surface area contributed by atoms with Crippen molar-refractivity contribution in [3.8, 4) is 11.1 Å². The smallest absolute Gasteiger partial charge is 0.407 e. The number of aliphatic carboxylic acids is 1. The molecule has 8 nitrogen and oxygen atoms in total. The lowest BCUT2D eigenvalue weighted by Gasteiger charge is -2.44. The number of β-amino-alcohol motifs (C(OH)–C–C–N with tert-alkyl or cyclic N) is 1. The lowest BCUT2D eigenvalue weighted by atomic mass is 9.91. The summed E-state index contributed by atoms with van der Waals surface area (Å²) in [6, 6.07) is 16.2. The van der Waals surface area contributed by atoms with Crippen molar-refractivity contribution in [2.45, 2.75) is 30.8 Å². The highest BCUT2D eigenvalue weighted by Crippen LogP contribution is 2.44. The van der Waals surface area contributed by atoms with Crippen LogP contribution in [0.25, 0.3) is 11.1 Å². The van der Waals surface area contributed by atoms with Gasteiger partial charge < -0.3 is 25.2 Å². The zero-order valence-corrected chi connectivity index (χ0v) is 18.8. The minimum absolute atomic E-state index is 0.0446. The number of carbonyl (C=O) groups is 3. The summed E-state index contributed by atoms with van der Waals surface area (Å²) in [7, 11) is 0. The highest BCUT2D eigenvalue weighted by atomic mass is 16.5. The number of hydrogen-bond donors (Lipinski definition) is 3.